The van der Waals surface area contributed by atoms with Crippen molar-refractivity contribution < 1.29 is 14.6 Å². The second kappa shape index (κ2) is 8.52. The highest BCUT2D eigenvalue weighted by Gasteiger charge is 2.13. The SMILES string of the molecule is CCOc1ccc(CNC(=O)NC(C)C(C)CO)cc1C. The van der Waals surface area contributed by atoms with E-state index in [-0.39, 0.29) is 24.6 Å². The molecule has 118 valence electrons. The number of ether oxygens (including phenoxy) is 1. The predicted octanol–water partition coefficient (Wildman–Crippen LogP) is 2.21. The summed E-state index contributed by atoms with van der Waals surface area (Å²) in [7, 11) is 0. The van der Waals surface area contributed by atoms with Crippen LogP contribution in [0.4, 0.5) is 4.79 Å². The summed E-state index contributed by atoms with van der Waals surface area (Å²) < 4.78 is 5.49. The molecular weight excluding hydrogens is 268 g/mol. The number of hydrogen-bond donors (Lipinski definition) is 3. The molecule has 0 aliphatic heterocycles. The lowest BCUT2D eigenvalue weighted by molar-refractivity contribution is 0.200. The molecule has 0 aliphatic carbocycles. The van der Waals surface area contributed by atoms with Gasteiger partial charge in [-0.05, 0) is 43.9 Å². The number of aliphatic hydroxyl groups is 1. The Kier molecular flexibility index (Phi) is 7.02. The Balaban J connectivity index is 2.48. The summed E-state index contributed by atoms with van der Waals surface area (Å²) in [6.07, 6.45) is 0. The summed E-state index contributed by atoms with van der Waals surface area (Å²) in [6.45, 7) is 8.86. The third-order valence-corrected chi connectivity index (χ3v) is 3.49. The van der Waals surface area contributed by atoms with Gasteiger partial charge in [0, 0.05) is 19.2 Å². The van der Waals surface area contributed by atoms with E-state index in [0.29, 0.717) is 13.2 Å². The van der Waals surface area contributed by atoms with Crippen molar-refractivity contribution in [2.75, 3.05) is 13.2 Å². The van der Waals surface area contributed by atoms with Gasteiger partial charge >= 0.3 is 6.03 Å². The minimum absolute atomic E-state index is 0.0310. The molecule has 0 fully saturated rings. The quantitative estimate of drug-likeness (QED) is 0.722. The average molecular weight is 294 g/mol. The lowest BCUT2D eigenvalue weighted by Crippen LogP contribution is -2.43. The molecule has 0 radical (unpaired) electrons. The first-order chi connectivity index (χ1) is 9.97. The number of rotatable bonds is 7. The zero-order valence-corrected chi connectivity index (χ0v) is 13.3. The van der Waals surface area contributed by atoms with Gasteiger partial charge in [0.05, 0.1) is 6.61 Å². The number of carbonyl (C=O) groups excluding carboxylic acids is 1. The summed E-state index contributed by atoms with van der Waals surface area (Å²) in [6, 6.07) is 5.57. The molecular formula is C16H26N2O3. The van der Waals surface area contributed by atoms with E-state index < -0.39 is 0 Å². The lowest BCUT2D eigenvalue weighted by Gasteiger charge is -2.19. The maximum Gasteiger partial charge on any atom is 0.315 e. The zero-order chi connectivity index (χ0) is 15.8. The molecule has 0 saturated heterocycles. The molecule has 0 bridgehead atoms. The molecule has 1 rings (SSSR count). The lowest BCUT2D eigenvalue weighted by atomic mass is 10.1. The van der Waals surface area contributed by atoms with E-state index in [1.54, 1.807) is 0 Å². The summed E-state index contributed by atoms with van der Waals surface area (Å²) in [4.78, 5) is 11.8. The van der Waals surface area contributed by atoms with Gasteiger partial charge < -0.3 is 20.5 Å². The number of nitrogens with one attached hydrogen (secondary N) is 2. The Morgan fingerprint density at radius 3 is 2.67 bits per heavy atom. The molecule has 0 aromatic heterocycles. The average Bonchev–Trinajstić information content (AvgIpc) is 2.46. The molecule has 5 heteroatoms. The molecule has 5 nitrogen and oxygen atoms in total. The number of aryl methyl sites for hydroxylation is 1. The van der Waals surface area contributed by atoms with Crippen LogP contribution in [0.25, 0.3) is 0 Å². The van der Waals surface area contributed by atoms with Gasteiger partial charge in [-0.25, -0.2) is 4.79 Å². The Labute approximate surface area is 126 Å². The van der Waals surface area contributed by atoms with Crippen molar-refractivity contribution in [3.8, 4) is 5.75 Å². The normalized spacial score (nSPS) is 13.4. The standard InChI is InChI=1S/C16H26N2O3/c1-5-21-15-7-6-14(8-11(15)2)9-17-16(20)18-13(4)12(3)10-19/h6-8,12-13,19H,5,9-10H2,1-4H3,(H2,17,18,20). The van der Waals surface area contributed by atoms with Crippen LogP contribution in [-0.2, 0) is 6.54 Å². The van der Waals surface area contributed by atoms with Gasteiger partial charge in [-0.15, -0.1) is 0 Å². The van der Waals surface area contributed by atoms with Crippen LogP contribution in [0.5, 0.6) is 5.75 Å². The molecule has 1 aromatic carbocycles. The molecule has 21 heavy (non-hydrogen) atoms. The smallest absolute Gasteiger partial charge is 0.315 e. The van der Waals surface area contributed by atoms with Gasteiger partial charge in [-0.3, -0.25) is 0 Å². The summed E-state index contributed by atoms with van der Waals surface area (Å²) in [5.41, 5.74) is 2.08. The summed E-state index contributed by atoms with van der Waals surface area (Å²) in [5, 5.41) is 14.7. The van der Waals surface area contributed by atoms with Crippen molar-refractivity contribution in [3.63, 3.8) is 0 Å². The molecule has 0 saturated carbocycles. The number of amides is 2. The van der Waals surface area contributed by atoms with Crippen molar-refractivity contribution in [1.29, 1.82) is 0 Å². The molecule has 2 unspecified atom stereocenters. The van der Waals surface area contributed by atoms with E-state index in [1.807, 2.05) is 45.9 Å². The second-order valence-electron chi connectivity index (χ2n) is 5.31. The van der Waals surface area contributed by atoms with Crippen molar-refractivity contribution in [2.45, 2.75) is 40.3 Å². The van der Waals surface area contributed by atoms with Crippen LogP contribution in [0.3, 0.4) is 0 Å². The topological polar surface area (TPSA) is 70.6 Å². The predicted molar refractivity (Wildman–Crippen MR) is 83.4 cm³/mol. The Morgan fingerprint density at radius 2 is 2.10 bits per heavy atom. The molecule has 2 amide bonds. The van der Waals surface area contributed by atoms with Crippen LogP contribution in [0, 0.1) is 12.8 Å². The molecule has 0 spiro atoms. The first kappa shape index (κ1) is 17.3. The highest BCUT2D eigenvalue weighted by atomic mass is 16.5. The fraction of sp³-hybridized carbons (Fsp3) is 0.562. The van der Waals surface area contributed by atoms with E-state index in [4.69, 9.17) is 9.84 Å². The number of carbonyl (C=O) groups is 1. The van der Waals surface area contributed by atoms with E-state index in [1.165, 1.54) is 0 Å². The van der Waals surface area contributed by atoms with Gasteiger partial charge in [0.1, 0.15) is 5.75 Å². The molecule has 2 atom stereocenters. The number of benzene rings is 1. The van der Waals surface area contributed by atoms with Crippen LogP contribution in [0.1, 0.15) is 31.9 Å². The van der Waals surface area contributed by atoms with Gasteiger partial charge in [-0.1, -0.05) is 19.1 Å². The van der Waals surface area contributed by atoms with Crippen molar-refractivity contribution in [2.24, 2.45) is 5.92 Å². The van der Waals surface area contributed by atoms with Crippen molar-refractivity contribution in [3.05, 3.63) is 29.3 Å². The third-order valence-electron chi connectivity index (χ3n) is 3.49. The van der Waals surface area contributed by atoms with Crippen molar-refractivity contribution >= 4 is 6.03 Å². The second-order valence-corrected chi connectivity index (χ2v) is 5.31. The molecule has 0 heterocycles. The fourth-order valence-corrected chi connectivity index (χ4v) is 1.88. The summed E-state index contributed by atoms with van der Waals surface area (Å²) in [5.74, 6) is 0.902. The first-order valence-electron chi connectivity index (χ1n) is 7.35. The zero-order valence-electron chi connectivity index (χ0n) is 13.3. The van der Waals surface area contributed by atoms with E-state index >= 15 is 0 Å². The van der Waals surface area contributed by atoms with Crippen LogP contribution in [0.15, 0.2) is 18.2 Å². The Morgan fingerprint density at radius 1 is 1.38 bits per heavy atom. The number of hydrogen-bond acceptors (Lipinski definition) is 3. The first-order valence-corrected chi connectivity index (χ1v) is 7.35. The van der Waals surface area contributed by atoms with Crippen LogP contribution in [0.2, 0.25) is 0 Å². The summed E-state index contributed by atoms with van der Waals surface area (Å²) >= 11 is 0. The van der Waals surface area contributed by atoms with E-state index in [9.17, 15) is 4.79 Å². The largest absolute Gasteiger partial charge is 0.494 e. The van der Waals surface area contributed by atoms with Gasteiger partial charge in [0.25, 0.3) is 0 Å². The highest BCUT2D eigenvalue weighted by molar-refractivity contribution is 5.74. The van der Waals surface area contributed by atoms with Crippen LogP contribution < -0.4 is 15.4 Å². The minimum atomic E-state index is -0.227. The van der Waals surface area contributed by atoms with Crippen molar-refractivity contribution in [1.82, 2.24) is 10.6 Å². The van der Waals surface area contributed by atoms with Gasteiger partial charge in [-0.2, -0.15) is 0 Å². The number of urea groups is 1. The van der Waals surface area contributed by atoms with E-state index in [0.717, 1.165) is 16.9 Å². The van der Waals surface area contributed by atoms with Crippen LogP contribution >= 0.6 is 0 Å². The molecule has 0 aliphatic rings. The van der Waals surface area contributed by atoms with E-state index in [2.05, 4.69) is 10.6 Å². The monoisotopic (exact) mass is 294 g/mol. The van der Waals surface area contributed by atoms with Gasteiger partial charge in [0.2, 0.25) is 0 Å². The third kappa shape index (κ3) is 5.63. The minimum Gasteiger partial charge on any atom is -0.494 e. The molecule has 3 N–H and O–H groups in total. The molecule has 1 aromatic rings. The maximum absolute atomic E-state index is 11.8. The van der Waals surface area contributed by atoms with Crippen LogP contribution in [-0.4, -0.2) is 30.4 Å². The maximum atomic E-state index is 11.8. The van der Waals surface area contributed by atoms with Gasteiger partial charge in [0.15, 0.2) is 0 Å². The highest BCUT2D eigenvalue weighted by Crippen LogP contribution is 2.18. The Hall–Kier alpha value is -1.75. The number of aliphatic hydroxyl groups excluding tert-OH is 1. The fourth-order valence-electron chi connectivity index (χ4n) is 1.88. The Bertz CT molecular complexity index is 463.